The smallest absolute Gasteiger partial charge is 0.0910 e. The van der Waals surface area contributed by atoms with E-state index < -0.39 is 5.60 Å². The maximum Gasteiger partial charge on any atom is 0.0910 e. The van der Waals surface area contributed by atoms with Gasteiger partial charge in [0.15, 0.2) is 0 Å². The first-order valence-electron chi connectivity index (χ1n) is 5.78. The second kappa shape index (κ2) is 4.53. The average molecular weight is 220 g/mol. The van der Waals surface area contributed by atoms with E-state index in [9.17, 15) is 5.11 Å². The van der Waals surface area contributed by atoms with Gasteiger partial charge in [-0.25, -0.2) is 0 Å². The highest BCUT2D eigenvalue weighted by Crippen LogP contribution is 2.22. The number of aliphatic hydroxyl groups is 1. The van der Waals surface area contributed by atoms with Gasteiger partial charge in [-0.1, -0.05) is 30.3 Å². The minimum atomic E-state index is -0.621. The predicted octanol–water partition coefficient (Wildman–Crippen LogP) is 0.841. The maximum absolute atomic E-state index is 10.2. The van der Waals surface area contributed by atoms with Crippen LogP contribution >= 0.6 is 0 Å². The molecule has 3 heteroatoms. The normalized spacial score (nSPS) is 30.8. The summed E-state index contributed by atoms with van der Waals surface area (Å²) in [5.41, 5.74) is 0.679. The fraction of sp³-hybridized carbons (Fsp3) is 0.538. The summed E-state index contributed by atoms with van der Waals surface area (Å²) < 4.78 is 0. The van der Waals surface area contributed by atoms with E-state index in [0.717, 1.165) is 19.6 Å². The number of β-amino-alcohol motifs (C(OH)–C–C–N with tert-alkyl or cyclic N) is 1. The van der Waals surface area contributed by atoms with E-state index in [1.165, 1.54) is 5.56 Å². The largest absolute Gasteiger partial charge is 0.387 e. The molecule has 0 amide bonds. The standard InChI is InChI=1S/C13H20N2O/c1-13(16)10-15(9-12(13)14-2)8-11-6-4-3-5-7-11/h3-7,12,14,16H,8-10H2,1-2H3. The molecule has 0 bridgehead atoms. The Morgan fingerprint density at radius 1 is 1.44 bits per heavy atom. The second-order valence-corrected chi connectivity index (χ2v) is 4.85. The highest BCUT2D eigenvalue weighted by atomic mass is 16.3. The van der Waals surface area contributed by atoms with Crippen molar-refractivity contribution in [3.05, 3.63) is 35.9 Å². The van der Waals surface area contributed by atoms with Gasteiger partial charge in [-0.3, -0.25) is 4.90 Å². The number of nitrogens with one attached hydrogen (secondary N) is 1. The van der Waals surface area contributed by atoms with E-state index in [4.69, 9.17) is 0 Å². The molecule has 2 rings (SSSR count). The Morgan fingerprint density at radius 2 is 2.12 bits per heavy atom. The molecule has 88 valence electrons. The van der Waals surface area contributed by atoms with Crippen molar-refractivity contribution in [2.45, 2.75) is 25.1 Å². The van der Waals surface area contributed by atoms with Gasteiger partial charge >= 0.3 is 0 Å². The van der Waals surface area contributed by atoms with E-state index >= 15 is 0 Å². The van der Waals surface area contributed by atoms with Crippen LogP contribution in [0.15, 0.2) is 30.3 Å². The van der Waals surface area contributed by atoms with E-state index in [0.29, 0.717) is 0 Å². The Bertz CT molecular complexity index is 337. The van der Waals surface area contributed by atoms with Crippen LogP contribution in [0.4, 0.5) is 0 Å². The Morgan fingerprint density at radius 3 is 2.69 bits per heavy atom. The molecule has 1 aliphatic heterocycles. The molecule has 1 aliphatic rings. The number of hydrogen-bond donors (Lipinski definition) is 2. The minimum absolute atomic E-state index is 0.163. The Hall–Kier alpha value is -0.900. The quantitative estimate of drug-likeness (QED) is 0.792. The minimum Gasteiger partial charge on any atom is -0.387 e. The number of likely N-dealkylation sites (N-methyl/N-ethyl adjacent to an activating group) is 1. The predicted molar refractivity (Wildman–Crippen MR) is 65.2 cm³/mol. The van der Waals surface area contributed by atoms with Crippen LogP contribution in [0.2, 0.25) is 0 Å². The Labute approximate surface area is 97.1 Å². The Kier molecular flexibility index (Phi) is 3.28. The number of likely N-dealkylation sites (tertiary alicyclic amines) is 1. The van der Waals surface area contributed by atoms with Crippen LogP contribution in [-0.4, -0.2) is 41.8 Å². The molecule has 0 saturated carbocycles. The first-order valence-corrected chi connectivity index (χ1v) is 5.78. The first kappa shape index (κ1) is 11.6. The van der Waals surface area contributed by atoms with Gasteiger partial charge < -0.3 is 10.4 Å². The van der Waals surface area contributed by atoms with Gasteiger partial charge in [0.1, 0.15) is 0 Å². The van der Waals surface area contributed by atoms with Crippen molar-refractivity contribution in [2.75, 3.05) is 20.1 Å². The number of nitrogens with zero attached hydrogens (tertiary/aromatic N) is 1. The van der Waals surface area contributed by atoms with Gasteiger partial charge in [0.25, 0.3) is 0 Å². The summed E-state index contributed by atoms with van der Waals surface area (Å²) >= 11 is 0. The van der Waals surface area contributed by atoms with Gasteiger partial charge in [0.05, 0.1) is 5.60 Å². The highest BCUT2D eigenvalue weighted by Gasteiger charge is 2.40. The van der Waals surface area contributed by atoms with Gasteiger partial charge in [-0.15, -0.1) is 0 Å². The van der Waals surface area contributed by atoms with Crippen LogP contribution in [0.3, 0.4) is 0 Å². The van der Waals surface area contributed by atoms with Crippen molar-refractivity contribution < 1.29 is 5.11 Å². The van der Waals surface area contributed by atoms with Gasteiger partial charge in [0.2, 0.25) is 0 Å². The fourth-order valence-electron chi connectivity index (χ4n) is 2.45. The summed E-state index contributed by atoms with van der Waals surface area (Å²) in [5, 5.41) is 13.4. The Balaban J connectivity index is 1.99. The van der Waals surface area contributed by atoms with Gasteiger partial charge in [-0.05, 0) is 19.5 Å². The number of rotatable bonds is 3. The van der Waals surface area contributed by atoms with Crippen LogP contribution in [0, 0.1) is 0 Å². The number of hydrogen-bond acceptors (Lipinski definition) is 3. The lowest BCUT2D eigenvalue weighted by Gasteiger charge is -2.23. The van der Waals surface area contributed by atoms with Crippen LogP contribution < -0.4 is 5.32 Å². The fourth-order valence-corrected chi connectivity index (χ4v) is 2.45. The molecule has 16 heavy (non-hydrogen) atoms. The summed E-state index contributed by atoms with van der Waals surface area (Å²) in [5.74, 6) is 0. The first-order chi connectivity index (χ1) is 7.62. The zero-order valence-corrected chi connectivity index (χ0v) is 9.98. The number of benzene rings is 1. The van der Waals surface area contributed by atoms with Crippen molar-refractivity contribution in [3.63, 3.8) is 0 Å². The van der Waals surface area contributed by atoms with Crippen LogP contribution in [0.1, 0.15) is 12.5 Å². The van der Waals surface area contributed by atoms with E-state index in [1.54, 1.807) is 0 Å². The summed E-state index contributed by atoms with van der Waals surface area (Å²) in [7, 11) is 1.91. The molecule has 0 aromatic heterocycles. The van der Waals surface area contributed by atoms with E-state index in [2.05, 4.69) is 34.5 Å². The third kappa shape index (κ3) is 2.43. The molecule has 2 unspecified atom stereocenters. The van der Waals surface area contributed by atoms with Crippen molar-refractivity contribution in [2.24, 2.45) is 0 Å². The molecule has 2 N–H and O–H groups in total. The van der Waals surface area contributed by atoms with Crippen molar-refractivity contribution in [3.8, 4) is 0 Å². The third-order valence-electron chi connectivity index (χ3n) is 3.33. The molecule has 1 aromatic carbocycles. The average Bonchev–Trinajstić information content (AvgIpc) is 2.54. The molecular formula is C13H20N2O. The molecular weight excluding hydrogens is 200 g/mol. The summed E-state index contributed by atoms with van der Waals surface area (Å²) in [6, 6.07) is 10.6. The summed E-state index contributed by atoms with van der Waals surface area (Å²) in [6.07, 6.45) is 0. The maximum atomic E-state index is 10.2. The van der Waals surface area contributed by atoms with Crippen molar-refractivity contribution in [1.29, 1.82) is 0 Å². The second-order valence-electron chi connectivity index (χ2n) is 4.85. The lowest BCUT2D eigenvalue weighted by atomic mass is 10.0. The van der Waals surface area contributed by atoms with E-state index in [1.807, 2.05) is 20.0 Å². The zero-order valence-electron chi connectivity index (χ0n) is 9.98. The van der Waals surface area contributed by atoms with Crippen LogP contribution in [0.25, 0.3) is 0 Å². The molecule has 1 saturated heterocycles. The lowest BCUT2D eigenvalue weighted by molar-refractivity contribution is 0.0474. The molecule has 1 aromatic rings. The highest BCUT2D eigenvalue weighted by molar-refractivity contribution is 5.15. The zero-order chi connectivity index (χ0) is 11.6. The summed E-state index contributed by atoms with van der Waals surface area (Å²) in [6.45, 7) is 4.44. The summed E-state index contributed by atoms with van der Waals surface area (Å²) in [4.78, 5) is 2.29. The van der Waals surface area contributed by atoms with Crippen molar-refractivity contribution >= 4 is 0 Å². The van der Waals surface area contributed by atoms with Gasteiger partial charge in [0, 0.05) is 25.7 Å². The lowest BCUT2D eigenvalue weighted by Crippen LogP contribution is -2.46. The monoisotopic (exact) mass is 220 g/mol. The van der Waals surface area contributed by atoms with Crippen molar-refractivity contribution in [1.82, 2.24) is 10.2 Å². The molecule has 1 fully saturated rings. The van der Waals surface area contributed by atoms with Crippen LogP contribution in [0.5, 0.6) is 0 Å². The molecule has 1 heterocycles. The molecule has 3 nitrogen and oxygen atoms in total. The van der Waals surface area contributed by atoms with E-state index in [-0.39, 0.29) is 6.04 Å². The molecule has 0 radical (unpaired) electrons. The molecule has 2 atom stereocenters. The van der Waals surface area contributed by atoms with Crippen LogP contribution in [-0.2, 0) is 6.54 Å². The third-order valence-corrected chi connectivity index (χ3v) is 3.33. The molecule has 0 spiro atoms. The SMILES string of the molecule is CNC1CN(Cc2ccccc2)CC1(C)O. The molecule has 0 aliphatic carbocycles. The topological polar surface area (TPSA) is 35.5 Å². The van der Waals surface area contributed by atoms with Gasteiger partial charge in [-0.2, -0.15) is 0 Å².